The van der Waals surface area contributed by atoms with Gasteiger partial charge < -0.3 is 4.90 Å². The van der Waals surface area contributed by atoms with Crippen molar-refractivity contribution in [3.8, 4) is 0 Å². The van der Waals surface area contributed by atoms with Crippen molar-refractivity contribution in [2.24, 2.45) is 0 Å². The molecule has 3 rings (SSSR count). The van der Waals surface area contributed by atoms with E-state index in [4.69, 9.17) is 0 Å². The van der Waals surface area contributed by atoms with Crippen molar-refractivity contribution in [3.63, 3.8) is 0 Å². The second-order valence-electron chi connectivity index (χ2n) is 8.35. The van der Waals surface area contributed by atoms with E-state index in [2.05, 4.69) is 52.8 Å². The minimum atomic E-state index is -3.59. The van der Waals surface area contributed by atoms with Gasteiger partial charge in [-0.15, -0.1) is 0 Å². The fourth-order valence-electron chi connectivity index (χ4n) is 4.23. The minimum Gasteiger partial charge on any atom is -0.304 e. The highest BCUT2D eigenvalue weighted by Gasteiger charge is 2.27. The van der Waals surface area contributed by atoms with Crippen LogP contribution < -0.4 is 4.72 Å². The molecule has 1 aliphatic heterocycles. The molecule has 2 aromatic carbocycles. The number of hydrogen-bond donors (Lipinski definition) is 1. The van der Waals surface area contributed by atoms with E-state index in [1.54, 1.807) is 0 Å². The lowest BCUT2D eigenvalue weighted by Crippen LogP contribution is -2.48. The maximum atomic E-state index is 13.2. The van der Waals surface area contributed by atoms with Gasteiger partial charge >= 0.3 is 0 Å². The van der Waals surface area contributed by atoms with Crippen LogP contribution in [0.2, 0.25) is 0 Å². The summed E-state index contributed by atoms with van der Waals surface area (Å²) in [5.41, 5.74) is 5.02. The van der Waals surface area contributed by atoms with Gasteiger partial charge in [0, 0.05) is 38.8 Å². The lowest BCUT2D eigenvalue weighted by molar-refractivity contribution is 0.113. The van der Waals surface area contributed by atoms with Crippen molar-refractivity contribution in [1.29, 1.82) is 0 Å². The summed E-state index contributed by atoms with van der Waals surface area (Å²) in [6.07, 6.45) is 0. The third-order valence-electron chi connectivity index (χ3n) is 5.78. The summed E-state index contributed by atoms with van der Waals surface area (Å²) in [5, 5.41) is 0. The van der Waals surface area contributed by atoms with E-state index in [1.807, 2.05) is 32.9 Å². The Balaban J connectivity index is 1.85. The first-order valence-electron chi connectivity index (χ1n) is 10.2. The zero-order valence-corrected chi connectivity index (χ0v) is 19.0. The average Bonchev–Trinajstić information content (AvgIpc) is 2.63. The molecule has 0 spiro atoms. The van der Waals surface area contributed by atoms with E-state index in [9.17, 15) is 8.42 Å². The lowest BCUT2D eigenvalue weighted by atomic mass is 10.0. The molecule has 1 saturated heterocycles. The van der Waals surface area contributed by atoms with Gasteiger partial charge in [-0.25, -0.2) is 13.1 Å². The predicted molar refractivity (Wildman–Crippen MR) is 119 cm³/mol. The number of aryl methyl sites for hydroxylation is 4. The highest BCUT2D eigenvalue weighted by Crippen LogP contribution is 2.25. The summed E-state index contributed by atoms with van der Waals surface area (Å²) >= 11 is 0. The van der Waals surface area contributed by atoms with Gasteiger partial charge in [-0.05, 0) is 51.4 Å². The average molecular weight is 416 g/mol. The van der Waals surface area contributed by atoms with E-state index in [-0.39, 0.29) is 6.04 Å². The Bertz CT molecular complexity index is 924. The molecule has 1 atom stereocenters. The molecule has 1 unspecified atom stereocenters. The molecule has 1 heterocycles. The van der Waals surface area contributed by atoms with Crippen LogP contribution in [0.3, 0.4) is 0 Å². The third-order valence-corrected chi connectivity index (χ3v) is 7.51. The van der Waals surface area contributed by atoms with Crippen LogP contribution in [0.1, 0.15) is 33.9 Å². The smallest absolute Gasteiger partial charge is 0.241 e. The van der Waals surface area contributed by atoms with Crippen LogP contribution in [0.15, 0.2) is 41.3 Å². The molecule has 0 bridgehead atoms. The molecule has 1 N–H and O–H groups in total. The predicted octanol–water partition coefficient (Wildman–Crippen LogP) is 3.19. The summed E-state index contributed by atoms with van der Waals surface area (Å²) in [6.45, 7) is 12.0. The van der Waals surface area contributed by atoms with Gasteiger partial charge in [0.15, 0.2) is 0 Å². The minimum absolute atomic E-state index is 0.0186. The number of benzene rings is 2. The van der Waals surface area contributed by atoms with E-state index in [0.717, 1.165) is 48.4 Å². The Kier molecular flexibility index (Phi) is 6.79. The molecular weight excluding hydrogens is 382 g/mol. The number of piperazine rings is 1. The van der Waals surface area contributed by atoms with Crippen LogP contribution in [-0.4, -0.2) is 58.0 Å². The van der Waals surface area contributed by atoms with Crippen LogP contribution in [0.4, 0.5) is 0 Å². The Morgan fingerprint density at radius 3 is 2.00 bits per heavy atom. The largest absolute Gasteiger partial charge is 0.304 e. The van der Waals surface area contributed by atoms with Gasteiger partial charge in [0.1, 0.15) is 0 Å². The molecule has 158 valence electrons. The third kappa shape index (κ3) is 5.25. The molecule has 1 aliphatic rings. The Morgan fingerprint density at radius 2 is 1.45 bits per heavy atom. The molecular formula is C23H33N3O2S. The second-order valence-corrected chi connectivity index (χ2v) is 10.0. The summed E-state index contributed by atoms with van der Waals surface area (Å²) in [7, 11) is -1.46. The van der Waals surface area contributed by atoms with Gasteiger partial charge in [-0.3, -0.25) is 4.90 Å². The summed E-state index contributed by atoms with van der Waals surface area (Å²) in [6, 6.07) is 12.3. The van der Waals surface area contributed by atoms with Crippen molar-refractivity contribution in [3.05, 3.63) is 64.2 Å². The maximum Gasteiger partial charge on any atom is 0.241 e. The van der Waals surface area contributed by atoms with Crippen LogP contribution in [-0.2, 0) is 10.0 Å². The molecule has 0 radical (unpaired) electrons. The number of nitrogens with zero attached hydrogens (tertiary/aromatic N) is 2. The van der Waals surface area contributed by atoms with Crippen molar-refractivity contribution in [1.82, 2.24) is 14.5 Å². The fraction of sp³-hybridized carbons (Fsp3) is 0.478. The summed E-state index contributed by atoms with van der Waals surface area (Å²) in [4.78, 5) is 5.11. The van der Waals surface area contributed by atoms with Crippen molar-refractivity contribution in [2.75, 3.05) is 39.8 Å². The molecule has 0 aliphatic carbocycles. The maximum absolute atomic E-state index is 13.2. The molecule has 0 amide bonds. The zero-order chi connectivity index (χ0) is 21.2. The van der Waals surface area contributed by atoms with E-state index >= 15 is 0 Å². The van der Waals surface area contributed by atoms with Gasteiger partial charge in [0.25, 0.3) is 0 Å². The van der Waals surface area contributed by atoms with Crippen LogP contribution in [0.5, 0.6) is 0 Å². The molecule has 0 saturated carbocycles. The Labute approximate surface area is 175 Å². The van der Waals surface area contributed by atoms with Gasteiger partial charge in [0.05, 0.1) is 4.90 Å². The number of nitrogens with one attached hydrogen (secondary N) is 1. The standard InChI is InChI=1S/C23H33N3O2S/c1-17-6-8-21(9-7-17)22(26-12-10-25(5)11-13-26)16-24-29(27,28)23-19(3)14-18(2)15-20(23)4/h6-9,14-15,22,24H,10-13,16H2,1-5H3. The molecule has 2 aromatic rings. The van der Waals surface area contributed by atoms with E-state index in [1.165, 1.54) is 5.56 Å². The molecule has 6 heteroatoms. The topological polar surface area (TPSA) is 52.7 Å². The van der Waals surface area contributed by atoms with Gasteiger partial charge in [-0.2, -0.15) is 0 Å². The van der Waals surface area contributed by atoms with E-state index < -0.39 is 10.0 Å². The lowest BCUT2D eigenvalue weighted by Gasteiger charge is -2.38. The second kappa shape index (κ2) is 8.96. The molecule has 1 fully saturated rings. The Morgan fingerprint density at radius 1 is 0.897 bits per heavy atom. The SMILES string of the molecule is Cc1ccc(C(CNS(=O)(=O)c2c(C)cc(C)cc2C)N2CCN(C)CC2)cc1. The van der Waals surface area contributed by atoms with Crippen LogP contribution >= 0.6 is 0 Å². The highest BCUT2D eigenvalue weighted by molar-refractivity contribution is 7.89. The normalized spacial score (nSPS) is 17.4. The van der Waals surface area contributed by atoms with Crippen molar-refractivity contribution >= 4 is 10.0 Å². The first-order chi connectivity index (χ1) is 13.7. The van der Waals surface area contributed by atoms with Crippen molar-refractivity contribution in [2.45, 2.75) is 38.6 Å². The van der Waals surface area contributed by atoms with Gasteiger partial charge in [-0.1, -0.05) is 47.5 Å². The van der Waals surface area contributed by atoms with Crippen molar-refractivity contribution < 1.29 is 8.42 Å². The Hall–Kier alpha value is -1.73. The van der Waals surface area contributed by atoms with Crippen LogP contribution in [0.25, 0.3) is 0 Å². The summed E-state index contributed by atoms with van der Waals surface area (Å²) < 4.78 is 29.3. The fourth-order valence-corrected chi connectivity index (χ4v) is 5.72. The first kappa shape index (κ1) is 22.0. The molecule has 0 aromatic heterocycles. The zero-order valence-electron chi connectivity index (χ0n) is 18.2. The van der Waals surface area contributed by atoms with Gasteiger partial charge in [0.2, 0.25) is 10.0 Å². The quantitative estimate of drug-likeness (QED) is 0.787. The molecule has 5 nitrogen and oxygen atoms in total. The monoisotopic (exact) mass is 415 g/mol. The number of rotatable bonds is 6. The molecule has 29 heavy (non-hydrogen) atoms. The van der Waals surface area contributed by atoms with E-state index in [0.29, 0.717) is 11.4 Å². The highest BCUT2D eigenvalue weighted by atomic mass is 32.2. The number of sulfonamides is 1. The van der Waals surface area contributed by atoms with Crippen LogP contribution in [0, 0.1) is 27.7 Å². The number of hydrogen-bond acceptors (Lipinski definition) is 4. The first-order valence-corrected chi connectivity index (χ1v) is 11.7. The number of likely N-dealkylation sites (N-methyl/N-ethyl adjacent to an activating group) is 1. The summed E-state index contributed by atoms with van der Waals surface area (Å²) in [5.74, 6) is 0.